The molecular weight excluding hydrogens is 378 g/mol. The van der Waals surface area contributed by atoms with E-state index >= 15 is 0 Å². The molecule has 0 radical (unpaired) electrons. The minimum absolute atomic E-state index is 0.270. The van der Waals surface area contributed by atoms with Gasteiger partial charge >= 0.3 is 6.09 Å². The van der Waals surface area contributed by atoms with Gasteiger partial charge in [-0.2, -0.15) is 0 Å². The zero-order chi connectivity index (χ0) is 21.3. The Balaban J connectivity index is 1.64. The molecule has 3 rings (SSSR count). The molecule has 3 aromatic rings. The molecule has 0 spiro atoms. The van der Waals surface area contributed by atoms with Gasteiger partial charge in [0, 0.05) is 18.4 Å². The number of hydrogen-bond acceptors (Lipinski definition) is 4. The number of nitrogens with one attached hydrogen (secondary N) is 1. The number of nitrogens with two attached hydrogens (primary N) is 1. The molecule has 2 aromatic carbocycles. The summed E-state index contributed by atoms with van der Waals surface area (Å²) in [5.74, 6) is 0. The third kappa shape index (κ3) is 6.40. The van der Waals surface area contributed by atoms with Crippen molar-refractivity contribution in [2.75, 3.05) is 0 Å². The molecule has 156 valence electrons. The molecule has 1 aromatic heterocycles. The fourth-order valence-electron chi connectivity index (χ4n) is 3.54. The first-order valence-corrected chi connectivity index (χ1v) is 9.97. The molecule has 6 heteroatoms. The number of rotatable bonds is 9. The van der Waals surface area contributed by atoms with Crippen LogP contribution in [0, 0.1) is 0 Å². The fourth-order valence-corrected chi connectivity index (χ4v) is 3.54. The summed E-state index contributed by atoms with van der Waals surface area (Å²) < 4.78 is 0. The van der Waals surface area contributed by atoms with Crippen molar-refractivity contribution in [3.63, 3.8) is 0 Å². The van der Waals surface area contributed by atoms with E-state index in [9.17, 15) is 15.0 Å². The number of pyridine rings is 1. The van der Waals surface area contributed by atoms with Crippen LogP contribution in [0.1, 0.15) is 17.5 Å². The molecule has 0 aliphatic carbocycles. The van der Waals surface area contributed by atoms with Crippen molar-refractivity contribution in [1.82, 2.24) is 10.3 Å². The van der Waals surface area contributed by atoms with Gasteiger partial charge in [0.1, 0.15) is 0 Å². The summed E-state index contributed by atoms with van der Waals surface area (Å²) in [6, 6.07) is 20.6. The summed E-state index contributed by atoms with van der Waals surface area (Å²) in [6.07, 6.45) is 2.76. The second-order valence-electron chi connectivity index (χ2n) is 7.45. The molecule has 0 aliphatic rings. The van der Waals surface area contributed by atoms with Crippen molar-refractivity contribution in [2.24, 2.45) is 5.73 Å². The summed E-state index contributed by atoms with van der Waals surface area (Å²) in [7, 11) is 0. The van der Waals surface area contributed by atoms with Gasteiger partial charge in [0.15, 0.2) is 0 Å². The van der Waals surface area contributed by atoms with E-state index in [1.165, 1.54) is 0 Å². The van der Waals surface area contributed by atoms with E-state index < -0.39 is 18.2 Å². The van der Waals surface area contributed by atoms with Crippen molar-refractivity contribution in [2.45, 2.75) is 37.5 Å². The third-order valence-corrected chi connectivity index (χ3v) is 5.06. The largest absolute Gasteiger partial charge is 0.465 e. The maximum atomic E-state index is 11.3. The van der Waals surface area contributed by atoms with Gasteiger partial charge in [-0.15, -0.1) is 0 Å². The molecule has 5 N–H and O–H groups in total. The summed E-state index contributed by atoms with van der Waals surface area (Å²) in [5.41, 5.74) is 10.3. The molecule has 1 heterocycles. The van der Waals surface area contributed by atoms with Crippen molar-refractivity contribution in [3.05, 3.63) is 90.3 Å². The number of aliphatic hydroxyl groups is 1. The predicted molar refractivity (Wildman–Crippen MR) is 117 cm³/mol. The van der Waals surface area contributed by atoms with E-state index in [0.717, 1.165) is 22.3 Å². The number of nitrogens with zero attached hydrogens (tertiary/aromatic N) is 1. The van der Waals surface area contributed by atoms with Crippen LogP contribution in [0.15, 0.2) is 79.1 Å². The number of amides is 1. The van der Waals surface area contributed by atoms with Gasteiger partial charge in [-0.1, -0.05) is 60.7 Å². The van der Waals surface area contributed by atoms with Crippen LogP contribution in [0.25, 0.3) is 11.1 Å². The molecular formula is C24H27N3O3. The maximum Gasteiger partial charge on any atom is 0.404 e. The topological polar surface area (TPSA) is 108 Å². The van der Waals surface area contributed by atoms with Gasteiger partial charge in [-0.25, -0.2) is 4.79 Å². The summed E-state index contributed by atoms with van der Waals surface area (Å²) in [5, 5.41) is 22.3. The SMILES string of the molecule is N[C@@H](Cc1ccccc1)C[C@@H](O)[C@H](Cc1ccc(-c2cccnc2)cc1)NC(=O)O. The van der Waals surface area contributed by atoms with Crippen molar-refractivity contribution in [3.8, 4) is 11.1 Å². The smallest absolute Gasteiger partial charge is 0.404 e. The average molecular weight is 405 g/mol. The van der Waals surface area contributed by atoms with Crippen LogP contribution in [0.4, 0.5) is 4.79 Å². The molecule has 0 bridgehead atoms. The predicted octanol–water partition coefficient (Wildman–Crippen LogP) is 3.25. The lowest BCUT2D eigenvalue weighted by atomic mass is 9.93. The van der Waals surface area contributed by atoms with Crippen LogP contribution < -0.4 is 11.1 Å². The zero-order valence-corrected chi connectivity index (χ0v) is 16.7. The molecule has 0 saturated heterocycles. The van der Waals surface area contributed by atoms with Crippen LogP contribution in [-0.4, -0.2) is 39.5 Å². The zero-order valence-electron chi connectivity index (χ0n) is 16.7. The summed E-state index contributed by atoms with van der Waals surface area (Å²) >= 11 is 0. The molecule has 0 saturated carbocycles. The highest BCUT2D eigenvalue weighted by atomic mass is 16.4. The molecule has 1 amide bonds. The van der Waals surface area contributed by atoms with Gasteiger partial charge in [-0.3, -0.25) is 4.98 Å². The lowest BCUT2D eigenvalue weighted by Gasteiger charge is -2.25. The van der Waals surface area contributed by atoms with Crippen molar-refractivity contribution in [1.29, 1.82) is 0 Å². The monoisotopic (exact) mass is 405 g/mol. The highest BCUT2D eigenvalue weighted by Gasteiger charge is 2.24. The van der Waals surface area contributed by atoms with Crippen LogP contribution in [0.5, 0.6) is 0 Å². The number of benzene rings is 2. The van der Waals surface area contributed by atoms with E-state index in [1.807, 2.05) is 66.7 Å². The highest BCUT2D eigenvalue weighted by molar-refractivity contribution is 5.65. The lowest BCUT2D eigenvalue weighted by molar-refractivity contribution is 0.105. The van der Waals surface area contributed by atoms with Crippen LogP contribution in [-0.2, 0) is 12.8 Å². The second kappa shape index (κ2) is 10.5. The van der Waals surface area contributed by atoms with Crippen LogP contribution in [0.2, 0.25) is 0 Å². The molecule has 0 aliphatic heterocycles. The Kier molecular flexibility index (Phi) is 7.54. The summed E-state index contributed by atoms with van der Waals surface area (Å²) in [6.45, 7) is 0. The number of carbonyl (C=O) groups is 1. The maximum absolute atomic E-state index is 11.3. The highest BCUT2D eigenvalue weighted by Crippen LogP contribution is 2.20. The minimum Gasteiger partial charge on any atom is -0.465 e. The first-order valence-electron chi connectivity index (χ1n) is 9.97. The Morgan fingerprint density at radius 1 is 0.933 bits per heavy atom. The first kappa shape index (κ1) is 21.5. The summed E-state index contributed by atoms with van der Waals surface area (Å²) in [4.78, 5) is 15.4. The Morgan fingerprint density at radius 3 is 2.27 bits per heavy atom. The average Bonchev–Trinajstić information content (AvgIpc) is 2.74. The minimum atomic E-state index is -1.16. The van der Waals surface area contributed by atoms with Crippen molar-refractivity contribution < 1.29 is 15.0 Å². The van der Waals surface area contributed by atoms with E-state index in [-0.39, 0.29) is 6.04 Å². The standard InChI is InChI=1S/C24H27N3O3/c25-21(13-17-5-2-1-3-6-17)15-23(28)22(27-24(29)30)14-18-8-10-19(11-9-18)20-7-4-12-26-16-20/h1-12,16,21-23,27-28H,13-15,25H2,(H,29,30)/t21-,22-,23+/m0/s1. The first-order chi connectivity index (χ1) is 14.5. The van der Waals surface area contributed by atoms with E-state index in [0.29, 0.717) is 19.3 Å². The number of aromatic nitrogens is 1. The van der Waals surface area contributed by atoms with Crippen LogP contribution >= 0.6 is 0 Å². The Bertz CT molecular complexity index is 917. The quantitative estimate of drug-likeness (QED) is 0.437. The molecule has 6 nitrogen and oxygen atoms in total. The van der Waals surface area contributed by atoms with Gasteiger partial charge in [0.2, 0.25) is 0 Å². The number of carboxylic acid groups (broad SMARTS) is 1. The van der Waals surface area contributed by atoms with Gasteiger partial charge in [0.05, 0.1) is 12.1 Å². The lowest BCUT2D eigenvalue weighted by Crippen LogP contribution is -2.46. The van der Waals surface area contributed by atoms with Gasteiger partial charge < -0.3 is 21.3 Å². The van der Waals surface area contributed by atoms with E-state index in [1.54, 1.807) is 12.4 Å². The fraction of sp³-hybridized carbons (Fsp3) is 0.250. The number of hydrogen-bond donors (Lipinski definition) is 4. The molecule has 0 unspecified atom stereocenters. The number of aliphatic hydroxyl groups excluding tert-OH is 1. The Morgan fingerprint density at radius 2 is 1.63 bits per heavy atom. The molecule has 3 atom stereocenters. The second-order valence-corrected chi connectivity index (χ2v) is 7.45. The Hall–Kier alpha value is -3.22. The van der Waals surface area contributed by atoms with Gasteiger partial charge in [-0.05, 0) is 47.6 Å². The Labute approximate surface area is 176 Å². The normalized spacial score (nSPS) is 13.9. The van der Waals surface area contributed by atoms with Crippen molar-refractivity contribution >= 4 is 6.09 Å². The van der Waals surface area contributed by atoms with Gasteiger partial charge in [0.25, 0.3) is 0 Å². The molecule has 0 fully saturated rings. The third-order valence-electron chi connectivity index (χ3n) is 5.06. The van der Waals surface area contributed by atoms with E-state index in [2.05, 4.69) is 10.3 Å². The van der Waals surface area contributed by atoms with E-state index in [4.69, 9.17) is 5.73 Å². The van der Waals surface area contributed by atoms with Crippen LogP contribution in [0.3, 0.4) is 0 Å². The molecule has 30 heavy (non-hydrogen) atoms.